The summed E-state index contributed by atoms with van der Waals surface area (Å²) in [7, 11) is 1.64. The highest BCUT2D eigenvalue weighted by molar-refractivity contribution is 5.39. The molecule has 88 valence electrons. The maximum atomic E-state index is 9.17. The minimum atomic E-state index is 0.155. The van der Waals surface area contributed by atoms with Crippen LogP contribution in [-0.4, -0.2) is 25.4 Å². The number of benzene rings is 1. The van der Waals surface area contributed by atoms with Crippen LogP contribution in [0.3, 0.4) is 0 Å². The van der Waals surface area contributed by atoms with Gasteiger partial charge in [0.25, 0.3) is 0 Å². The molecule has 0 bridgehead atoms. The van der Waals surface area contributed by atoms with Gasteiger partial charge in [0.1, 0.15) is 0 Å². The molecule has 16 heavy (non-hydrogen) atoms. The van der Waals surface area contributed by atoms with E-state index in [2.05, 4.69) is 0 Å². The molecule has 1 saturated carbocycles. The molecule has 2 rings (SSSR count). The number of aliphatic hydroxyl groups is 1. The topological polar surface area (TPSA) is 38.7 Å². The quantitative estimate of drug-likeness (QED) is 0.802. The minimum absolute atomic E-state index is 0.155. The van der Waals surface area contributed by atoms with Gasteiger partial charge in [-0.15, -0.1) is 0 Å². The third kappa shape index (κ3) is 2.47. The molecular formula is C13H18O3. The zero-order valence-electron chi connectivity index (χ0n) is 9.61. The average Bonchev–Trinajstić information content (AvgIpc) is 3.10. The van der Waals surface area contributed by atoms with Crippen LogP contribution in [0.2, 0.25) is 0 Å². The molecule has 1 aliphatic carbocycles. The van der Waals surface area contributed by atoms with Gasteiger partial charge in [0.15, 0.2) is 11.5 Å². The first-order valence-electron chi connectivity index (χ1n) is 5.66. The smallest absolute Gasteiger partial charge is 0.161 e. The van der Waals surface area contributed by atoms with Crippen LogP contribution in [0.25, 0.3) is 0 Å². The van der Waals surface area contributed by atoms with Crippen molar-refractivity contribution >= 4 is 0 Å². The van der Waals surface area contributed by atoms with Crippen LogP contribution in [-0.2, 0) is 0 Å². The standard InChI is InChI=1S/C13H18O3/c1-15-11-4-2-3-5-12(11)16-9-8-13(10-14)6-7-13/h2-5,14H,6-10H2,1H3. The van der Waals surface area contributed by atoms with Gasteiger partial charge in [0.05, 0.1) is 13.7 Å². The Kier molecular flexibility index (Phi) is 3.34. The molecule has 0 aromatic heterocycles. The molecule has 0 aliphatic heterocycles. The Labute approximate surface area is 96.0 Å². The number of rotatable bonds is 6. The Hall–Kier alpha value is -1.22. The second-order valence-electron chi connectivity index (χ2n) is 4.41. The lowest BCUT2D eigenvalue weighted by Gasteiger charge is -2.13. The maximum absolute atomic E-state index is 9.17. The first kappa shape index (κ1) is 11.3. The zero-order valence-corrected chi connectivity index (χ0v) is 9.61. The summed E-state index contributed by atoms with van der Waals surface area (Å²) in [5, 5.41) is 9.17. The largest absolute Gasteiger partial charge is 0.493 e. The fraction of sp³-hybridized carbons (Fsp3) is 0.538. The lowest BCUT2D eigenvalue weighted by molar-refractivity contribution is 0.175. The number of ether oxygens (including phenoxy) is 2. The van der Waals surface area contributed by atoms with Crippen LogP contribution < -0.4 is 9.47 Å². The molecule has 3 nitrogen and oxygen atoms in total. The van der Waals surface area contributed by atoms with Crippen molar-refractivity contribution in [2.75, 3.05) is 20.3 Å². The van der Waals surface area contributed by atoms with E-state index in [0.717, 1.165) is 30.8 Å². The van der Waals surface area contributed by atoms with E-state index in [1.165, 1.54) is 0 Å². The Morgan fingerprint density at radius 3 is 2.50 bits per heavy atom. The number of methoxy groups -OCH3 is 1. The Morgan fingerprint density at radius 1 is 1.25 bits per heavy atom. The summed E-state index contributed by atoms with van der Waals surface area (Å²) in [5.41, 5.74) is 0.155. The molecule has 0 heterocycles. The first-order chi connectivity index (χ1) is 7.79. The molecule has 1 aromatic rings. The molecular weight excluding hydrogens is 204 g/mol. The lowest BCUT2D eigenvalue weighted by atomic mass is 10.1. The number of aliphatic hydroxyl groups excluding tert-OH is 1. The van der Waals surface area contributed by atoms with E-state index < -0.39 is 0 Å². The van der Waals surface area contributed by atoms with E-state index in [-0.39, 0.29) is 12.0 Å². The van der Waals surface area contributed by atoms with Crippen LogP contribution in [0.5, 0.6) is 11.5 Å². The summed E-state index contributed by atoms with van der Waals surface area (Å²) in [6.07, 6.45) is 3.17. The van der Waals surface area contributed by atoms with Crippen molar-refractivity contribution in [3.05, 3.63) is 24.3 Å². The number of hydrogen-bond donors (Lipinski definition) is 1. The summed E-state index contributed by atoms with van der Waals surface area (Å²) < 4.78 is 10.9. The molecule has 0 atom stereocenters. The van der Waals surface area contributed by atoms with E-state index in [1.807, 2.05) is 24.3 Å². The molecule has 1 aliphatic rings. The molecule has 1 aromatic carbocycles. The van der Waals surface area contributed by atoms with Crippen molar-refractivity contribution in [1.29, 1.82) is 0 Å². The van der Waals surface area contributed by atoms with E-state index in [9.17, 15) is 5.11 Å². The Morgan fingerprint density at radius 2 is 1.94 bits per heavy atom. The van der Waals surface area contributed by atoms with Gasteiger partial charge in [-0.05, 0) is 36.8 Å². The van der Waals surface area contributed by atoms with Gasteiger partial charge in [-0.2, -0.15) is 0 Å². The van der Waals surface area contributed by atoms with E-state index in [1.54, 1.807) is 7.11 Å². The van der Waals surface area contributed by atoms with Gasteiger partial charge < -0.3 is 14.6 Å². The molecule has 0 radical (unpaired) electrons. The average molecular weight is 222 g/mol. The lowest BCUT2D eigenvalue weighted by Crippen LogP contribution is -2.11. The van der Waals surface area contributed by atoms with Crippen molar-refractivity contribution in [3.8, 4) is 11.5 Å². The van der Waals surface area contributed by atoms with Crippen LogP contribution >= 0.6 is 0 Å². The molecule has 1 N–H and O–H groups in total. The number of para-hydroxylation sites is 2. The monoisotopic (exact) mass is 222 g/mol. The molecule has 0 spiro atoms. The van der Waals surface area contributed by atoms with E-state index >= 15 is 0 Å². The molecule has 1 fully saturated rings. The highest BCUT2D eigenvalue weighted by Gasteiger charge is 2.41. The van der Waals surface area contributed by atoms with Crippen LogP contribution in [0.1, 0.15) is 19.3 Å². The summed E-state index contributed by atoms with van der Waals surface area (Å²) in [6.45, 7) is 0.920. The zero-order chi connectivity index (χ0) is 11.4. The van der Waals surface area contributed by atoms with Crippen molar-refractivity contribution in [2.45, 2.75) is 19.3 Å². The Bertz CT molecular complexity index is 345. The normalized spacial score (nSPS) is 16.9. The van der Waals surface area contributed by atoms with Crippen molar-refractivity contribution in [3.63, 3.8) is 0 Å². The van der Waals surface area contributed by atoms with Gasteiger partial charge in [-0.3, -0.25) is 0 Å². The van der Waals surface area contributed by atoms with Crippen molar-refractivity contribution in [2.24, 2.45) is 5.41 Å². The molecule has 0 amide bonds. The van der Waals surface area contributed by atoms with Crippen molar-refractivity contribution < 1.29 is 14.6 Å². The fourth-order valence-corrected chi connectivity index (χ4v) is 1.78. The highest BCUT2D eigenvalue weighted by atomic mass is 16.5. The third-order valence-electron chi connectivity index (χ3n) is 3.25. The Balaban J connectivity index is 1.85. The minimum Gasteiger partial charge on any atom is -0.493 e. The summed E-state index contributed by atoms with van der Waals surface area (Å²) in [4.78, 5) is 0. The van der Waals surface area contributed by atoms with Crippen LogP contribution in [0, 0.1) is 5.41 Å². The van der Waals surface area contributed by atoms with Crippen molar-refractivity contribution in [1.82, 2.24) is 0 Å². The third-order valence-corrected chi connectivity index (χ3v) is 3.25. The molecule has 0 unspecified atom stereocenters. The van der Waals surface area contributed by atoms with E-state index in [4.69, 9.17) is 9.47 Å². The van der Waals surface area contributed by atoms with Gasteiger partial charge in [0.2, 0.25) is 0 Å². The number of hydrogen-bond acceptors (Lipinski definition) is 3. The fourth-order valence-electron chi connectivity index (χ4n) is 1.78. The second kappa shape index (κ2) is 4.74. The van der Waals surface area contributed by atoms with Gasteiger partial charge >= 0.3 is 0 Å². The molecule has 3 heteroatoms. The van der Waals surface area contributed by atoms with Gasteiger partial charge in [-0.25, -0.2) is 0 Å². The predicted octanol–water partition coefficient (Wildman–Crippen LogP) is 2.24. The maximum Gasteiger partial charge on any atom is 0.161 e. The summed E-state index contributed by atoms with van der Waals surface area (Å²) >= 11 is 0. The molecule has 0 saturated heterocycles. The van der Waals surface area contributed by atoms with E-state index in [0.29, 0.717) is 6.61 Å². The van der Waals surface area contributed by atoms with Gasteiger partial charge in [-0.1, -0.05) is 12.1 Å². The summed E-state index contributed by atoms with van der Waals surface area (Å²) in [6, 6.07) is 7.63. The van der Waals surface area contributed by atoms with Crippen LogP contribution in [0.4, 0.5) is 0 Å². The summed E-state index contributed by atoms with van der Waals surface area (Å²) in [5.74, 6) is 1.54. The van der Waals surface area contributed by atoms with Crippen LogP contribution in [0.15, 0.2) is 24.3 Å². The first-order valence-corrected chi connectivity index (χ1v) is 5.66. The predicted molar refractivity (Wildman–Crippen MR) is 61.9 cm³/mol. The second-order valence-corrected chi connectivity index (χ2v) is 4.41. The SMILES string of the molecule is COc1ccccc1OCCC1(CO)CC1. The van der Waals surface area contributed by atoms with Gasteiger partial charge in [0, 0.05) is 6.61 Å². The highest BCUT2D eigenvalue weighted by Crippen LogP contribution is 2.48.